The molecular formula is C86H168O17P2. The van der Waals surface area contributed by atoms with Crippen molar-refractivity contribution < 1.29 is 80.2 Å². The lowest BCUT2D eigenvalue weighted by Crippen LogP contribution is -2.30. The Bertz CT molecular complexity index is 2030. The van der Waals surface area contributed by atoms with Gasteiger partial charge in [-0.15, -0.1) is 0 Å². The van der Waals surface area contributed by atoms with Gasteiger partial charge in [0.25, 0.3) is 0 Å². The first kappa shape index (κ1) is 103. The monoisotopic (exact) mass is 1540 g/mol. The number of hydrogen-bond acceptors (Lipinski definition) is 15. The summed E-state index contributed by atoms with van der Waals surface area (Å²) < 4.78 is 68.9. The van der Waals surface area contributed by atoms with Crippen LogP contribution < -0.4 is 0 Å². The van der Waals surface area contributed by atoms with E-state index in [4.69, 9.17) is 37.0 Å². The minimum atomic E-state index is -4.97. The van der Waals surface area contributed by atoms with Crippen LogP contribution in [0.15, 0.2) is 0 Å². The molecule has 0 aromatic rings. The second-order valence-electron chi connectivity index (χ2n) is 32.4. The molecule has 0 aromatic carbocycles. The van der Waals surface area contributed by atoms with Gasteiger partial charge in [-0.2, -0.15) is 0 Å². The molecule has 0 heterocycles. The van der Waals surface area contributed by atoms with Crippen LogP contribution in [0, 0.1) is 17.8 Å². The fourth-order valence-corrected chi connectivity index (χ4v) is 14.9. The van der Waals surface area contributed by atoms with Gasteiger partial charge in [0, 0.05) is 25.7 Å². The van der Waals surface area contributed by atoms with Crippen LogP contribution in [-0.4, -0.2) is 96.7 Å². The number of aliphatic hydroxyl groups is 1. The predicted octanol–water partition coefficient (Wildman–Crippen LogP) is 26.1. The normalized spacial score (nSPS) is 13.9. The van der Waals surface area contributed by atoms with Gasteiger partial charge >= 0.3 is 39.5 Å². The van der Waals surface area contributed by atoms with Crippen molar-refractivity contribution in [2.45, 2.75) is 471 Å². The quantitative estimate of drug-likeness (QED) is 0.0222. The van der Waals surface area contributed by atoms with Crippen LogP contribution in [0.4, 0.5) is 0 Å². The van der Waals surface area contributed by atoms with Crippen LogP contribution in [0.2, 0.25) is 0 Å². The maximum absolute atomic E-state index is 13.1. The first-order valence-electron chi connectivity index (χ1n) is 44.3. The zero-order valence-corrected chi connectivity index (χ0v) is 71.0. The molecule has 0 aliphatic heterocycles. The number of unbranched alkanes of at least 4 members (excludes halogenated alkanes) is 52. The Labute approximate surface area is 645 Å². The highest BCUT2D eigenvalue weighted by molar-refractivity contribution is 7.47. The zero-order chi connectivity index (χ0) is 77.2. The highest BCUT2D eigenvalue weighted by Gasteiger charge is 2.30. The molecule has 5 atom stereocenters. The molecule has 105 heavy (non-hydrogen) atoms. The molecule has 0 rings (SSSR count). The van der Waals surface area contributed by atoms with E-state index in [1.54, 1.807) is 0 Å². The van der Waals surface area contributed by atoms with Crippen molar-refractivity contribution in [1.82, 2.24) is 0 Å². The Kier molecular flexibility index (Phi) is 74.7. The Morgan fingerprint density at radius 3 is 0.648 bits per heavy atom. The number of aliphatic hydroxyl groups excluding tert-OH is 1. The van der Waals surface area contributed by atoms with Crippen molar-refractivity contribution in [3.05, 3.63) is 0 Å². The third-order valence-electron chi connectivity index (χ3n) is 20.1. The summed E-state index contributed by atoms with van der Waals surface area (Å²) in [6.45, 7) is 12.0. The van der Waals surface area contributed by atoms with Gasteiger partial charge in [0.2, 0.25) is 0 Å². The lowest BCUT2D eigenvalue weighted by atomic mass is 10.0. The SMILES string of the molecule is CCCCCCCCCCCCCCCC(=O)OC[C@H](COP(=O)(O)OC[C@H](O)COP(=O)(O)OC[C@@H](COC(=O)CCCCCCCCCCCCCCCC(C)C)OC(=O)CCCCCCCCCCCCCCCCCCCCC(C)C)OC(=O)CCCCCCCCCCCCCCC(C)C. The molecule has 19 heteroatoms. The van der Waals surface area contributed by atoms with E-state index in [9.17, 15) is 43.2 Å². The highest BCUT2D eigenvalue weighted by Crippen LogP contribution is 2.45. The van der Waals surface area contributed by atoms with E-state index in [2.05, 4.69) is 48.5 Å². The second kappa shape index (κ2) is 76.1. The standard InChI is InChI=1S/C86H168O17P2/c1-8-9-10-11-12-13-14-22-32-39-46-53-60-67-83(88)96-73-82(103-86(91)70-63-56-49-42-35-28-27-31-38-45-52-59-66-79(6)7)76-101-105(94,95)99-72-80(87)71-98-104(92,93)100-75-81(74-97-84(89)68-61-54-47-40-33-26-21-24-30-37-44-51-58-65-78(4)5)102-85(90)69-62-55-48-41-34-25-20-18-16-15-17-19-23-29-36-43-50-57-64-77(2)3/h77-82,87H,8-76H2,1-7H3,(H,92,93)(H,94,95)/t80-,81-,82-/m1/s1. The van der Waals surface area contributed by atoms with E-state index >= 15 is 0 Å². The number of phosphoric ester groups is 2. The molecule has 0 radical (unpaired) electrons. The molecular weight excluding hydrogens is 1370 g/mol. The molecule has 624 valence electrons. The maximum atomic E-state index is 13.1. The molecule has 0 fully saturated rings. The number of carbonyl (C=O) groups excluding carboxylic acids is 4. The third-order valence-corrected chi connectivity index (χ3v) is 22.0. The van der Waals surface area contributed by atoms with Crippen LogP contribution >= 0.6 is 15.6 Å². The fourth-order valence-electron chi connectivity index (χ4n) is 13.4. The number of phosphoric acid groups is 2. The van der Waals surface area contributed by atoms with Gasteiger partial charge in [0.05, 0.1) is 26.4 Å². The number of hydrogen-bond donors (Lipinski definition) is 3. The van der Waals surface area contributed by atoms with E-state index in [-0.39, 0.29) is 25.7 Å². The van der Waals surface area contributed by atoms with Crippen molar-refractivity contribution in [1.29, 1.82) is 0 Å². The molecule has 0 amide bonds. The topological polar surface area (TPSA) is 237 Å². The number of ether oxygens (including phenoxy) is 4. The maximum Gasteiger partial charge on any atom is 0.472 e. The van der Waals surface area contributed by atoms with E-state index < -0.39 is 97.5 Å². The van der Waals surface area contributed by atoms with Gasteiger partial charge in [-0.3, -0.25) is 37.3 Å². The summed E-state index contributed by atoms with van der Waals surface area (Å²) in [4.78, 5) is 73.3. The second-order valence-corrected chi connectivity index (χ2v) is 35.3. The Morgan fingerprint density at radius 2 is 0.438 bits per heavy atom. The van der Waals surface area contributed by atoms with E-state index in [1.165, 1.54) is 263 Å². The van der Waals surface area contributed by atoms with Crippen molar-refractivity contribution >= 4 is 39.5 Å². The number of esters is 4. The predicted molar refractivity (Wildman–Crippen MR) is 432 cm³/mol. The smallest absolute Gasteiger partial charge is 0.462 e. The summed E-state index contributed by atoms with van der Waals surface area (Å²) in [6, 6.07) is 0. The number of rotatable bonds is 84. The highest BCUT2D eigenvalue weighted by atomic mass is 31.2. The summed E-state index contributed by atoms with van der Waals surface area (Å²) in [5, 5.41) is 10.7. The van der Waals surface area contributed by atoms with Gasteiger partial charge in [-0.1, -0.05) is 402 Å². The molecule has 0 bridgehead atoms. The molecule has 0 aromatic heterocycles. The summed E-state index contributed by atoms with van der Waals surface area (Å²) in [6.07, 6.45) is 66.5. The Hall–Kier alpha value is -1.94. The average molecular weight is 1540 g/mol. The van der Waals surface area contributed by atoms with Crippen molar-refractivity contribution in [2.75, 3.05) is 39.6 Å². The minimum absolute atomic E-state index is 0.107. The van der Waals surface area contributed by atoms with Gasteiger partial charge in [-0.25, -0.2) is 9.13 Å². The first-order chi connectivity index (χ1) is 50.7. The molecule has 0 spiro atoms. The van der Waals surface area contributed by atoms with E-state index in [0.29, 0.717) is 25.7 Å². The van der Waals surface area contributed by atoms with Crippen LogP contribution in [0.25, 0.3) is 0 Å². The molecule has 0 aliphatic rings. The summed E-state index contributed by atoms with van der Waals surface area (Å²) in [5.41, 5.74) is 0. The first-order valence-corrected chi connectivity index (χ1v) is 47.3. The van der Waals surface area contributed by atoms with E-state index in [0.717, 1.165) is 108 Å². The summed E-state index contributed by atoms with van der Waals surface area (Å²) in [7, 11) is -9.93. The number of carbonyl (C=O) groups is 4. The molecule has 17 nitrogen and oxygen atoms in total. The molecule has 2 unspecified atom stereocenters. The third kappa shape index (κ3) is 79.9. The van der Waals surface area contributed by atoms with Crippen LogP contribution in [0.1, 0.15) is 453 Å². The van der Waals surface area contributed by atoms with Crippen molar-refractivity contribution in [3.8, 4) is 0 Å². The fraction of sp³-hybridized carbons (Fsp3) is 0.953. The van der Waals surface area contributed by atoms with E-state index in [1.807, 2.05) is 0 Å². The lowest BCUT2D eigenvalue weighted by molar-refractivity contribution is -0.161. The summed E-state index contributed by atoms with van der Waals surface area (Å²) >= 11 is 0. The molecule has 0 aliphatic carbocycles. The van der Waals surface area contributed by atoms with Gasteiger partial charge in [-0.05, 0) is 43.4 Å². The van der Waals surface area contributed by atoms with Crippen molar-refractivity contribution in [2.24, 2.45) is 17.8 Å². The average Bonchev–Trinajstić information content (AvgIpc) is 0.915. The van der Waals surface area contributed by atoms with Gasteiger partial charge < -0.3 is 33.8 Å². The largest absolute Gasteiger partial charge is 0.472 e. The van der Waals surface area contributed by atoms with Gasteiger partial charge in [0.1, 0.15) is 19.3 Å². The molecule has 0 saturated carbocycles. The van der Waals surface area contributed by atoms with Crippen molar-refractivity contribution in [3.63, 3.8) is 0 Å². The van der Waals surface area contributed by atoms with Crippen LogP contribution in [0.3, 0.4) is 0 Å². The lowest BCUT2D eigenvalue weighted by Gasteiger charge is -2.21. The molecule has 3 N–H and O–H groups in total. The van der Waals surface area contributed by atoms with Crippen LogP contribution in [-0.2, 0) is 65.4 Å². The van der Waals surface area contributed by atoms with Crippen LogP contribution in [0.5, 0.6) is 0 Å². The summed E-state index contributed by atoms with van der Waals surface area (Å²) in [5.74, 6) is 0.286. The Morgan fingerprint density at radius 1 is 0.257 bits per heavy atom. The van der Waals surface area contributed by atoms with Gasteiger partial charge in [0.15, 0.2) is 12.2 Å². The Balaban J connectivity index is 5.26. The molecule has 0 saturated heterocycles. The minimum Gasteiger partial charge on any atom is -0.462 e. The zero-order valence-electron chi connectivity index (χ0n) is 69.2.